The van der Waals surface area contributed by atoms with Crippen LogP contribution in [0, 0.1) is 11.3 Å². The highest BCUT2D eigenvalue weighted by Gasteiger charge is 2.50. The van der Waals surface area contributed by atoms with Crippen LogP contribution >= 0.6 is 11.3 Å². The molecule has 1 saturated carbocycles. The lowest BCUT2D eigenvalue weighted by molar-refractivity contribution is -0.124. The molecule has 2 atom stereocenters. The zero-order chi connectivity index (χ0) is 16.9. The molecule has 1 saturated heterocycles. The van der Waals surface area contributed by atoms with E-state index in [0.717, 1.165) is 57.7 Å². The number of amides is 1. The van der Waals surface area contributed by atoms with Crippen molar-refractivity contribution >= 4 is 17.2 Å². The lowest BCUT2D eigenvalue weighted by Crippen LogP contribution is -2.47. The summed E-state index contributed by atoms with van der Waals surface area (Å²) in [6.07, 6.45) is 5.85. The van der Waals surface area contributed by atoms with Crippen LogP contribution in [0.4, 0.5) is 0 Å². The number of nitrogens with one attached hydrogen (secondary N) is 1. The van der Waals surface area contributed by atoms with Crippen molar-refractivity contribution in [3.05, 3.63) is 34.5 Å². The van der Waals surface area contributed by atoms with E-state index >= 15 is 0 Å². The predicted molar refractivity (Wildman–Crippen MR) is 94.9 cm³/mol. The van der Waals surface area contributed by atoms with Crippen molar-refractivity contribution in [2.45, 2.75) is 44.8 Å². The Labute approximate surface area is 151 Å². The quantitative estimate of drug-likeness (QED) is 0.911. The summed E-state index contributed by atoms with van der Waals surface area (Å²) >= 11 is 1.76. The van der Waals surface area contributed by atoms with E-state index in [2.05, 4.69) is 37.1 Å². The SMILES string of the molecule is O=C(N[C@H]1c2ncnn2CC[C@]12CCN(Cc1ccsc1)C2)C1CC1. The fourth-order valence-corrected chi connectivity index (χ4v) is 5.10. The minimum absolute atomic E-state index is 0.00988. The summed E-state index contributed by atoms with van der Waals surface area (Å²) < 4.78 is 1.98. The molecule has 25 heavy (non-hydrogen) atoms. The molecule has 0 unspecified atom stereocenters. The summed E-state index contributed by atoms with van der Waals surface area (Å²) in [6, 6.07) is 2.20. The van der Waals surface area contributed by atoms with Crippen LogP contribution in [0.2, 0.25) is 0 Å². The van der Waals surface area contributed by atoms with Gasteiger partial charge >= 0.3 is 0 Å². The number of aromatic nitrogens is 3. The second-order valence-electron chi connectivity index (χ2n) is 7.76. The van der Waals surface area contributed by atoms with Crippen molar-refractivity contribution in [3.8, 4) is 0 Å². The summed E-state index contributed by atoms with van der Waals surface area (Å²) in [7, 11) is 0. The summed E-state index contributed by atoms with van der Waals surface area (Å²) in [5.41, 5.74) is 1.48. The van der Waals surface area contributed by atoms with Gasteiger partial charge < -0.3 is 5.32 Å². The monoisotopic (exact) mass is 357 g/mol. The smallest absolute Gasteiger partial charge is 0.223 e. The number of thiophene rings is 1. The highest BCUT2D eigenvalue weighted by atomic mass is 32.1. The molecular formula is C18H23N5OS. The van der Waals surface area contributed by atoms with Gasteiger partial charge in [-0.3, -0.25) is 9.69 Å². The first-order valence-corrected chi connectivity index (χ1v) is 10.1. The van der Waals surface area contributed by atoms with Crippen LogP contribution in [0.15, 0.2) is 23.2 Å². The molecule has 7 heteroatoms. The first-order valence-electron chi connectivity index (χ1n) is 9.15. The Morgan fingerprint density at radius 1 is 1.36 bits per heavy atom. The maximum atomic E-state index is 12.5. The maximum absolute atomic E-state index is 12.5. The van der Waals surface area contributed by atoms with Gasteiger partial charge in [0.1, 0.15) is 12.2 Å². The molecule has 5 rings (SSSR count). The first-order chi connectivity index (χ1) is 12.2. The molecule has 4 heterocycles. The van der Waals surface area contributed by atoms with Crippen molar-refractivity contribution in [1.29, 1.82) is 0 Å². The predicted octanol–water partition coefficient (Wildman–Crippen LogP) is 2.20. The van der Waals surface area contributed by atoms with Gasteiger partial charge in [-0.2, -0.15) is 16.4 Å². The molecule has 6 nitrogen and oxygen atoms in total. The van der Waals surface area contributed by atoms with Crippen LogP contribution < -0.4 is 5.32 Å². The molecule has 0 radical (unpaired) electrons. The Bertz CT molecular complexity index is 768. The number of carbonyl (C=O) groups excluding carboxylic acids is 1. The van der Waals surface area contributed by atoms with Gasteiger partial charge in [0.15, 0.2) is 0 Å². The fourth-order valence-electron chi connectivity index (χ4n) is 4.44. The fraction of sp³-hybridized carbons (Fsp3) is 0.611. The van der Waals surface area contributed by atoms with E-state index in [1.165, 1.54) is 5.56 Å². The van der Waals surface area contributed by atoms with E-state index in [9.17, 15) is 4.79 Å². The Kier molecular flexibility index (Phi) is 3.67. The summed E-state index contributed by atoms with van der Waals surface area (Å²) in [5, 5.41) is 12.1. The zero-order valence-corrected chi connectivity index (χ0v) is 15.0. The Morgan fingerprint density at radius 2 is 2.24 bits per heavy atom. The van der Waals surface area contributed by atoms with E-state index in [4.69, 9.17) is 0 Å². The molecule has 1 spiro atoms. The van der Waals surface area contributed by atoms with Crippen molar-refractivity contribution in [2.24, 2.45) is 11.3 Å². The van der Waals surface area contributed by atoms with Crippen molar-refractivity contribution in [3.63, 3.8) is 0 Å². The van der Waals surface area contributed by atoms with Crippen molar-refractivity contribution in [2.75, 3.05) is 13.1 Å². The second kappa shape index (κ2) is 5.92. The number of fused-ring (bicyclic) bond motifs is 1. The highest BCUT2D eigenvalue weighted by molar-refractivity contribution is 7.07. The van der Waals surface area contributed by atoms with Crippen LogP contribution in [0.5, 0.6) is 0 Å². The molecule has 1 N–H and O–H groups in total. The number of hydrogen-bond donors (Lipinski definition) is 1. The summed E-state index contributed by atoms with van der Waals surface area (Å²) in [4.78, 5) is 19.5. The molecule has 132 valence electrons. The molecule has 2 aromatic rings. The topological polar surface area (TPSA) is 63.1 Å². The number of aryl methyl sites for hydroxylation is 1. The van der Waals surface area contributed by atoms with Crippen LogP contribution in [-0.2, 0) is 17.9 Å². The second-order valence-corrected chi connectivity index (χ2v) is 8.54. The summed E-state index contributed by atoms with van der Waals surface area (Å²) in [6.45, 7) is 4.00. The van der Waals surface area contributed by atoms with Gasteiger partial charge in [0.2, 0.25) is 5.91 Å². The Balaban J connectivity index is 1.39. The molecule has 0 bridgehead atoms. The van der Waals surface area contributed by atoms with Gasteiger partial charge in [0.25, 0.3) is 0 Å². The van der Waals surface area contributed by atoms with Gasteiger partial charge in [-0.05, 0) is 54.6 Å². The van der Waals surface area contributed by atoms with Gasteiger partial charge in [-0.15, -0.1) is 0 Å². The van der Waals surface area contributed by atoms with Crippen LogP contribution in [-0.4, -0.2) is 38.7 Å². The summed E-state index contributed by atoms with van der Waals surface area (Å²) in [5.74, 6) is 1.37. The molecule has 2 aromatic heterocycles. The third kappa shape index (κ3) is 2.79. The average Bonchev–Trinajstić information content (AvgIpc) is 2.99. The molecule has 2 fully saturated rings. The van der Waals surface area contributed by atoms with E-state index in [0.29, 0.717) is 0 Å². The van der Waals surface area contributed by atoms with E-state index in [1.54, 1.807) is 17.7 Å². The Morgan fingerprint density at radius 3 is 3.04 bits per heavy atom. The van der Waals surface area contributed by atoms with Gasteiger partial charge in [-0.25, -0.2) is 9.67 Å². The van der Waals surface area contributed by atoms with Crippen molar-refractivity contribution in [1.82, 2.24) is 25.0 Å². The lowest BCUT2D eigenvalue weighted by atomic mass is 9.74. The number of likely N-dealkylation sites (tertiary alicyclic amines) is 1. The standard InChI is InChI=1S/C18H23N5OS/c24-17(14-1-2-14)21-15-16-19-12-20-23(16)7-5-18(15)4-6-22(11-18)9-13-3-8-25-10-13/h3,8,10,12,14-15H,1-2,4-7,9,11H2,(H,21,24)/t15-,18-/m0/s1. The van der Waals surface area contributed by atoms with E-state index < -0.39 is 0 Å². The van der Waals surface area contributed by atoms with Gasteiger partial charge in [-0.1, -0.05) is 0 Å². The molecule has 3 aliphatic rings. The lowest BCUT2D eigenvalue weighted by Gasteiger charge is -2.41. The Hall–Kier alpha value is -1.73. The van der Waals surface area contributed by atoms with Crippen molar-refractivity contribution < 1.29 is 4.79 Å². The molecular weight excluding hydrogens is 334 g/mol. The third-order valence-electron chi connectivity index (χ3n) is 6.02. The zero-order valence-electron chi connectivity index (χ0n) is 14.2. The minimum atomic E-state index is -0.00988. The molecule has 1 aliphatic carbocycles. The number of rotatable bonds is 4. The van der Waals surface area contributed by atoms with Gasteiger partial charge in [0, 0.05) is 31.0 Å². The average molecular weight is 357 g/mol. The van der Waals surface area contributed by atoms with E-state index in [1.807, 2.05) is 4.68 Å². The normalized spacial score (nSPS) is 29.0. The minimum Gasteiger partial charge on any atom is -0.345 e. The molecule has 2 aliphatic heterocycles. The number of hydrogen-bond acceptors (Lipinski definition) is 5. The third-order valence-corrected chi connectivity index (χ3v) is 6.76. The molecule has 1 amide bonds. The highest BCUT2D eigenvalue weighted by Crippen LogP contribution is 2.48. The van der Waals surface area contributed by atoms with Crippen LogP contribution in [0.3, 0.4) is 0 Å². The van der Waals surface area contributed by atoms with Crippen LogP contribution in [0.1, 0.15) is 43.1 Å². The number of nitrogens with zero attached hydrogens (tertiary/aromatic N) is 4. The number of carbonyl (C=O) groups is 1. The van der Waals surface area contributed by atoms with Crippen LogP contribution in [0.25, 0.3) is 0 Å². The van der Waals surface area contributed by atoms with Gasteiger partial charge in [0.05, 0.1) is 6.04 Å². The first kappa shape index (κ1) is 15.5. The maximum Gasteiger partial charge on any atom is 0.223 e. The molecule has 0 aromatic carbocycles. The van der Waals surface area contributed by atoms with E-state index in [-0.39, 0.29) is 23.3 Å². The largest absolute Gasteiger partial charge is 0.345 e.